The van der Waals surface area contributed by atoms with Gasteiger partial charge in [-0.05, 0) is 24.8 Å². The molecule has 2 N–H and O–H groups in total. The number of aromatic nitrogens is 2. The summed E-state index contributed by atoms with van der Waals surface area (Å²) in [7, 11) is 1.89. The summed E-state index contributed by atoms with van der Waals surface area (Å²) in [5, 5.41) is 4.33. The van der Waals surface area contributed by atoms with Gasteiger partial charge in [0.05, 0.1) is 0 Å². The molecule has 0 spiro atoms. The van der Waals surface area contributed by atoms with Crippen LogP contribution < -0.4 is 5.73 Å². The van der Waals surface area contributed by atoms with Crippen molar-refractivity contribution in [2.24, 2.45) is 12.8 Å². The van der Waals surface area contributed by atoms with Gasteiger partial charge in [-0.2, -0.15) is 5.10 Å². The molecule has 2 rings (SSSR count). The van der Waals surface area contributed by atoms with Crippen LogP contribution in [-0.2, 0) is 7.05 Å². The van der Waals surface area contributed by atoms with Crippen LogP contribution in [0.4, 0.5) is 0 Å². The summed E-state index contributed by atoms with van der Waals surface area (Å²) in [5.41, 5.74) is 7.33. The molecule has 1 aromatic rings. The fourth-order valence-electron chi connectivity index (χ4n) is 2.62. The Kier molecular flexibility index (Phi) is 3.71. The topological polar surface area (TPSA) is 64.2 Å². The Morgan fingerprint density at radius 3 is 2.89 bits per heavy atom. The number of hydrogen-bond donors (Lipinski definition) is 1. The molecule has 0 radical (unpaired) electrons. The summed E-state index contributed by atoms with van der Waals surface area (Å²) in [4.78, 5) is 14.3. The quantitative estimate of drug-likeness (QED) is 0.874. The van der Waals surface area contributed by atoms with E-state index < -0.39 is 0 Å². The Morgan fingerprint density at radius 2 is 2.33 bits per heavy atom. The third-order valence-electron chi connectivity index (χ3n) is 3.64. The van der Waals surface area contributed by atoms with Crippen LogP contribution in [0.5, 0.6) is 0 Å². The predicted octanol–water partition coefficient (Wildman–Crippen LogP) is 1.11. The lowest BCUT2D eigenvalue weighted by atomic mass is 10.1. The molecule has 5 nitrogen and oxygen atoms in total. The third-order valence-corrected chi connectivity index (χ3v) is 3.64. The maximum atomic E-state index is 12.4. The van der Waals surface area contributed by atoms with Crippen LogP contribution in [0.3, 0.4) is 0 Å². The van der Waals surface area contributed by atoms with Gasteiger partial charge >= 0.3 is 0 Å². The minimum atomic E-state index is 0.0189. The third kappa shape index (κ3) is 2.27. The van der Waals surface area contributed by atoms with Crippen molar-refractivity contribution >= 4 is 5.91 Å². The van der Waals surface area contributed by atoms with E-state index in [1.54, 1.807) is 4.68 Å². The number of nitrogens with zero attached hydrogens (tertiary/aromatic N) is 3. The molecule has 5 heteroatoms. The zero-order valence-electron chi connectivity index (χ0n) is 11.4. The molecule has 100 valence electrons. The molecule has 2 heterocycles. The van der Waals surface area contributed by atoms with Gasteiger partial charge in [0.1, 0.15) is 0 Å². The molecule has 1 unspecified atom stereocenters. The van der Waals surface area contributed by atoms with Gasteiger partial charge in [0.25, 0.3) is 5.91 Å². The molecule has 1 amide bonds. The molecule has 18 heavy (non-hydrogen) atoms. The van der Waals surface area contributed by atoms with Crippen molar-refractivity contribution in [3.8, 4) is 0 Å². The van der Waals surface area contributed by atoms with Crippen LogP contribution in [0.25, 0.3) is 0 Å². The first kappa shape index (κ1) is 13.1. The van der Waals surface area contributed by atoms with E-state index in [1.165, 1.54) is 0 Å². The Hall–Kier alpha value is -1.36. The van der Waals surface area contributed by atoms with E-state index in [1.807, 2.05) is 18.0 Å². The van der Waals surface area contributed by atoms with Crippen LogP contribution >= 0.6 is 0 Å². The van der Waals surface area contributed by atoms with Crippen LogP contribution in [0.15, 0.2) is 6.07 Å². The summed E-state index contributed by atoms with van der Waals surface area (Å²) in [6.07, 6.45) is 2.05. The second-order valence-electron chi connectivity index (χ2n) is 5.26. The molecule has 0 saturated carbocycles. The number of rotatable bonds is 3. The second-order valence-corrected chi connectivity index (χ2v) is 5.26. The first-order valence-electron chi connectivity index (χ1n) is 6.59. The highest BCUT2D eigenvalue weighted by molar-refractivity contribution is 5.92. The van der Waals surface area contributed by atoms with E-state index >= 15 is 0 Å². The standard InChI is InChI=1S/C13H22N4O/c1-9(2)12-7-11(15-16(12)3)13(18)17-6-4-5-10(17)8-14/h7,9-10H,4-6,8,14H2,1-3H3. The van der Waals surface area contributed by atoms with Gasteiger partial charge in [0.15, 0.2) is 5.69 Å². The summed E-state index contributed by atoms with van der Waals surface area (Å²) < 4.78 is 1.80. The highest BCUT2D eigenvalue weighted by Gasteiger charge is 2.30. The molecule has 0 bridgehead atoms. The van der Waals surface area contributed by atoms with Gasteiger partial charge in [-0.25, -0.2) is 0 Å². The Labute approximate surface area is 108 Å². The van der Waals surface area contributed by atoms with E-state index in [-0.39, 0.29) is 11.9 Å². The zero-order valence-corrected chi connectivity index (χ0v) is 11.4. The lowest BCUT2D eigenvalue weighted by Crippen LogP contribution is -2.40. The number of carbonyl (C=O) groups excluding carboxylic acids is 1. The van der Waals surface area contributed by atoms with E-state index in [9.17, 15) is 4.79 Å². The zero-order chi connectivity index (χ0) is 13.3. The molecule has 1 atom stereocenters. The van der Waals surface area contributed by atoms with E-state index in [2.05, 4.69) is 18.9 Å². The minimum absolute atomic E-state index is 0.0189. The molecule has 1 fully saturated rings. The summed E-state index contributed by atoms with van der Waals surface area (Å²) in [6, 6.07) is 2.08. The van der Waals surface area contributed by atoms with Gasteiger partial charge in [-0.3, -0.25) is 9.48 Å². The summed E-state index contributed by atoms with van der Waals surface area (Å²) in [6.45, 7) is 5.54. The van der Waals surface area contributed by atoms with Crippen molar-refractivity contribution in [2.75, 3.05) is 13.1 Å². The van der Waals surface area contributed by atoms with Crippen molar-refractivity contribution < 1.29 is 4.79 Å². The molecule has 1 aromatic heterocycles. The Balaban J connectivity index is 2.21. The molecule has 1 aliphatic heterocycles. The maximum Gasteiger partial charge on any atom is 0.274 e. The van der Waals surface area contributed by atoms with Crippen LogP contribution in [0.2, 0.25) is 0 Å². The predicted molar refractivity (Wildman–Crippen MR) is 70.4 cm³/mol. The van der Waals surface area contributed by atoms with Gasteiger partial charge in [0.2, 0.25) is 0 Å². The number of nitrogens with two attached hydrogens (primary N) is 1. The van der Waals surface area contributed by atoms with Crippen molar-refractivity contribution in [3.05, 3.63) is 17.5 Å². The maximum absolute atomic E-state index is 12.4. The van der Waals surface area contributed by atoms with Gasteiger partial charge < -0.3 is 10.6 Å². The Morgan fingerprint density at radius 1 is 1.61 bits per heavy atom. The first-order chi connectivity index (χ1) is 8.54. The van der Waals surface area contributed by atoms with Crippen LogP contribution in [0, 0.1) is 0 Å². The lowest BCUT2D eigenvalue weighted by Gasteiger charge is -2.22. The SMILES string of the molecule is CC(C)c1cc(C(=O)N2CCCC2CN)nn1C. The molecular weight excluding hydrogens is 228 g/mol. The average molecular weight is 250 g/mol. The van der Waals surface area contributed by atoms with Gasteiger partial charge in [-0.1, -0.05) is 13.8 Å². The number of carbonyl (C=O) groups is 1. The molecule has 0 aliphatic carbocycles. The van der Waals surface area contributed by atoms with Gasteiger partial charge in [0, 0.05) is 31.9 Å². The van der Waals surface area contributed by atoms with Crippen LogP contribution in [0.1, 0.15) is 48.8 Å². The lowest BCUT2D eigenvalue weighted by molar-refractivity contribution is 0.0734. The molecular formula is C13H22N4O. The average Bonchev–Trinajstić information content (AvgIpc) is 2.93. The van der Waals surface area contributed by atoms with Crippen LogP contribution in [-0.4, -0.2) is 39.7 Å². The second kappa shape index (κ2) is 5.10. The summed E-state index contributed by atoms with van der Waals surface area (Å²) >= 11 is 0. The van der Waals surface area contributed by atoms with Crippen molar-refractivity contribution in [1.29, 1.82) is 0 Å². The molecule has 0 aromatic carbocycles. The van der Waals surface area contributed by atoms with Crippen molar-refractivity contribution in [2.45, 2.75) is 38.6 Å². The van der Waals surface area contributed by atoms with Gasteiger partial charge in [-0.15, -0.1) is 0 Å². The Bertz CT molecular complexity index is 438. The monoisotopic (exact) mass is 250 g/mol. The largest absolute Gasteiger partial charge is 0.333 e. The van der Waals surface area contributed by atoms with Crippen molar-refractivity contribution in [1.82, 2.24) is 14.7 Å². The number of amides is 1. The van der Waals surface area contributed by atoms with E-state index in [4.69, 9.17) is 5.73 Å². The highest BCUT2D eigenvalue weighted by Crippen LogP contribution is 2.21. The number of aryl methyl sites for hydroxylation is 1. The van der Waals surface area contributed by atoms with Crippen molar-refractivity contribution in [3.63, 3.8) is 0 Å². The normalized spacial score (nSPS) is 19.8. The minimum Gasteiger partial charge on any atom is -0.333 e. The smallest absolute Gasteiger partial charge is 0.274 e. The fraction of sp³-hybridized carbons (Fsp3) is 0.692. The van der Waals surface area contributed by atoms with E-state index in [0.29, 0.717) is 18.2 Å². The first-order valence-corrected chi connectivity index (χ1v) is 6.59. The molecule has 1 aliphatic rings. The number of likely N-dealkylation sites (tertiary alicyclic amines) is 1. The summed E-state index contributed by atoms with van der Waals surface area (Å²) in [5.74, 6) is 0.387. The van der Waals surface area contributed by atoms with E-state index in [0.717, 1.165) is 25.1 Å². The number of hydrogen-bond acceptors (Lipinski definition) is 3. The highest BCUT2D eigenvalue weighted by atomic mass is 16.2. The fourth-order valence-corrected chi connectivity index (χ4v) is 2.62. The molecule has 1 saturated heterocycles.